The van der Waals surface area contributed by atoms with Gasteiger partial charge in [0, 0.05) is 48.5 Å². The second-order valence-corrected chi connectivity index (χ2v) is 11.7. The molecular formula is C31H22N2S2. The van der Waals surface area contributed by atoms with Crippen LogP contribution in [-0.2, 0) is 5.41 Å². The van der Waals surface area contributed by atoms with Crippen molar-refractivity contribution in [2.24, 2.45) is 0 Å². The van der Waals surface area contributed by atoms with Gasteiger partial charge in [-0.25, -0.2) is 9.97 Å². The lowest BCUT2D eigenvalue weighted by atomic mass is 9.82. The van der Waals surface area contributed by atoms with Gasteiger partial charge in [-0.05, 0) is 58.1 Å². The Morgan fingerprint density at radius 3 is 1.89 bits per heavy atom. The summed E-state index contributed by atoms with van der Waals surface area (Å²) < 4.78 is 0. The number of aromatic nitrogens is 2. The second-order valence-electron chi connectivity index (χ2n) is 9.54. The molecular weight excluding hydrogens is 464 g/mol. The van der Waals surface area contributed by atoms with Gasteiger partial charge in [0.25, 0.3) is 0 Å². The molecule has 4 aromatic carbocycles. The average molecular weight is 487 g/mol. The van der Waals surface area contributed by atoms with E-state index in [1.165, 1.54) is 41.8 Å². The van der Waals surface area contributed by atoms with Gasteiger partial charge in [-0.1, -0.05) is 92.0 Å². The number of rotatable bonds is 2. The van der Waals surface area contributed by atoms with Crippen molar-refractivity contribution < 1.29 is 0 Å². The Bertz CT molecular complexity index is 1610. The van der Waals surface area contributed by atoms with Gasteiger partial charge in [-0.3, -0.25) is 0 Å². The van der Waals surface area contributed by atoms with E-state index < -0.39 is 0 Å². The molecule has 0 amide bonds. The van der Waals surface area contributed by atoms with Crippen molar-refractivity contribution in [1.82, 2.24) is 9.97 Å². The summed E-state index contributed by atoms with van der Waals surface area (Å²) in [7, 11) is 0. The molecule has 0 bridgehead atoms. The average Bonchev–Trinajstić information content (AvgIpc) is 3.12. The van der Waals surface area contributed by atoms with E-state index in [1.807, 2.05) is 54.1 Å². The summed E-state index contributed by atoms with van der Waals surface area (Å²) in [6.07, 6.45) is 3.84. The Kier molecular flexibility index (Phi) is 4.70. The first kappa shape index (κ1) is 21.0. The molecule has 0 radical (unpaired) electrons. The van der Waals surface area contributed by atoms with Gasteiger partial charge in [0.1, 0.15) is 0 Å². The van der Waals surface area contributed by atoms with Crippen LogP contribution in [0.2, 0.25) is 0 Å². The van der Waals surface area contributed by atoms with E-state index in [1.54, 1.807) is 0 Å². The minimum Gasteiger partial charge on any atom is -0.236 e. The topological polar surface area (TPSA) is 25.8 Å². The van der Waals surface area contributed by atoms with Crippen LogP contribution < -0.4 is 0 Å². The maximum absolute atomic E-state index is 4.72. The van der Waals surface area contributed by atoms with Crippen LogP contribution in [0.15, 0.2) is 117 Å². The van der Waals surface area contributed by atoms with Crippen molar-refractivity contribution in [1.29, 1.82) is 0 Å². The second kappa shape index (κ2) is 7.84. The van der Waals surface area contributed by atoms with Gasteiger partial charge in [-0.15, -0.1) is 0 Å². The first-order valence-electron chi connectivity index (χ1n) is 11.7. The van der Waals surface area contributed by atoms with Crippen LogP contribution in [0.25, 0.3) is 33.6 Å². The van der Waals surface area contributed by atoms with Crippen LogP contribution in [0.4, 0.5) is 0 Å². The molecule has 2 nitrogen and oxygen atoms in total. The van der Waals surface area contributed by atoms with Crippen LogP contribution >= 0.6 is 23.5 Å². The number of nitrogens with zero attached hydrogens (tertiary/aromatic N) is 2. The van der Waals surface area contributed by atoms with Crippen molar-refractivity contribution >= 4 is 23.5 Å². The van der Waals surface area contributed by atoms with Gasteiger partial charge in [0.2, 0.25) is 0 Å². The van der Waals surface area contributed by atoms with Gasteiger partial charge >= 0.3 is 0 Å². The SMILES string of the molecule is CC1(C)c2cc(-c3ncc(-c4ccccc4)cn3)ccc2-c2cc3c(cc21)Sc1ccccc1S3. The fraction of sp³-hybridized carbons (Fsp3) is 0.0968. The Labute approximate surface area is 213 Å². The van der Waals surface area contributed by atoms with E-state index in [0.29, 0.717) is 0 Å². The molecule has 2 aliphatic rings. The van der Waals surface area contributed by atoms with E-state index >= 15 is 0 Å². The summed E-state index contributed by atoms with van der Waals surface area (Å²) in [6.45, 7) is 4.67. The lowest BCUT2D eigenvalue weighted by Gasteiger charge is -2.24. The molecule has 0 N–H and O–H groups in total. The van der Waals surface area contributed by atoms with E-state index in [-0.39, 0.29) is 5.41 Å². The highest BCUT2D eigenvalue weighted by molar-refractivity contribution is 8.05. The van der Waals surface area contributed by atoms with Crippen molar-refractivity contribution in [3.05, 3.63) is 108 Å². The molecule has 0 unspecified atom stereocenters. The third-order valence-electron chi connectivity index (χ3n) is 7.05. The summed E-state index contributed by atoms with van der Waals surface area (Å²) in [5.41, 5.74) is 8.56. The highest BCUT2D eigenvalue weighted by atomic mass is 32.2. The summed E-state index contributed by atoms with van der Waals surface area (Å²) in [6, 6.07) is 30.5. The zero-order valence-electron chi connectivity index (χ0n) is 19.4. The summed E-state index contributed by atoms with van der Waals surface area (Å²) in [5.74, 6) is 0.764. The molecule has 1 aliphatic carbocycles. The maximum atomic E-state index is 4.72. The van der Waals surface area contributed by atoms with Crippen LogP contribution in [0.3, 0.4) is 0 Å². The third-order valence-corrected chi connectivity index (χ3v) is 9.57. The molecule has 0 spiro atoms. The van der Waals surface area contributed by atoms with Crippen molar-refractivity contribution in [3.8, 4) is 33.6 Å². The minimum atomic E-state index is -0.0815. The van der Waals surface area contributed by atoms with E-state index in [0.717, 1.165) is 22.5 Å². The zero-order valence-corrected chi connectivity index (χ0v) is 21.1. The van der Waals surface area contributed by atoms with Crippen molar-refractivity contribution in [2.75, 3.05) is 0 Å². The molecule has 168 valence electrons. The summed E-state index contributed by atoms with van der Waals surface area (Å²) >= 11 is 3.77. The molecule has 1 aromatic heterocycles. The monoisotopic (exact) mass is 486 g/mol. The number of hydrogen-bond donors (Lipinski definition) is 0. The van der Waals surface area contributed by atoms with Crippen LogP contribution in [0, 0.1) is 0 Å². The molecule has 0 saturated carbocycles. The lowest BCUT2D eigenvalue weighted by molar-refractivity contribution is 0.658. The maximum Gasteiger partial charge on any atom is 0.159 e. The first-order chi connectivity index (χ1) is 17.1. The molecule has 0 saturated heterocycles. The number of hydrogen-bond acceptors (Lipinski definition) is 4. The zero-order chi connectivity index (χ0) is 23.6. The van der Waals surface area contributed by atoms with E-state index in [2.05, 4.69) is 80.6 Å². The van der Waals surface area contributed by atoms with Gasteiger partial charge in [-0.2, -0.15) is 0 Å². The molecule has 4 heteroatoms. The standard InChI is InChI=1S/C31H22N2S2/c1-31(2)24-14-20(30-32-17-21(18-33-30)19-8-4-3-5-9-19)12-13-22(24)23-15-28-29(16-25(23)31)35-27-11-7-6-10-26(27)34-28/h3-18H,1-2H3. The number of benzene rings is 4. The Balaban J connectivity index is 1.28. The fourth-order valence-corrected chi connectivity index (χ4v) is 7.43. The Morgan fingerprint density at radius 2 is 1.17 bits per heavy atom. The first-order valence-corrected chi connectivity index (χ1v) is 13.4. The highest BCUT2D eigenvalue weighted by Crippen LogP contribution is 2.55. The van der Waals surface area contributed by atoms with Crippen LogP contribution in [-0.4, -0.2) is 9.97 Å². The molecule has 5 aromatic rings. The smallest absolute Gasteiger partial charge is 0.159 e. The quantitative estimate of drug-likeness (QED) is 0.244. The highest BCUT2D eigenvalue weighted by Gasteiger charge is 2.37. The van der Waals surface area contributed by atoms with Gasteiger partial charge in [0.15, 0.2) is 5.82 Å². The predicted octanol–water partition coefficient (Wildman–Crippen LogP) is 8.73. The Hall–Kier alpha value is -3.34. The van der Waals surface area contributed by atoms with Crippen LogP contribution in [0.1, 0.15) is 25.0 Å². The molecule has 2 heterocycles. The normalized spacial score (nSPS) is 14.6. The van der Waals surface area contributed by atoms with Gasteiger partial charge < -0.3 is 0 Å². The molecule has 35 heavy (non-hydrogen) atoms. The minimum absolute atomic E-state index is 0.0815. The summed E-state index contributed by atoms with van der Waals surface area (Å²) in [4.78, 5) is 14.8. The van der Waals surface area contributed by atoms with E-state index in [9.17, 15) is 0 Å². The molecule has 0 fully saturated rings. The van der Waals surface area contributed by atoms with E-state index in [4.69, 9.17) is 9.97 Å². The summed E-state index contributed by atoms with van der Waals surface area (Å²) in [5, 5.41) is 0. The lowest BCUT2D eigenvalue weighted by Crippen LogP contribution is -2.15. The largest absolute Gasteiger partial charge is 0.236 e. The molecule has 0 atom stereocenters. The third kappa shape index (κ3) is 3.35. The van der Waals surface area contributed by atoms with Gasteiger partial charge in [0.05, 0.1) is 0 Å². The number of fused-ring (bicyclic) bond motifs is 5. The predicted molar refractivity (Wildman–Crippen MR) is 145 cm³/mol. The molecule has 7 rings (SSSR count). The fourth-order valence-electron chi connectivity index (χ4n) is 5.15. The van der Waals surface area contributed by atoms with Crippen molar-refractivity contribution in [2.45, 2.75) is 38.8 Å². The van der Waals surface area contributed by atoms with Crippen LogP contribution in [0.5, 0.6) is 0 Å². The van der Waals surface area contributed by atoms with Crippen molar-refractivity contribution in [3.63, 3.8) is 0 Å². The molecule has 1 aliphatic heterocycles. The Morgan fingerprint density at radius 1 is 0.543 bits per heavy atom.